The molecule has 60 valence electrons. The van der Waals surface area contributed by atoms with Crippen molar-refractivity contribution in [2.24, 2.45) is 0 Å². The van der Waals surface area contributed by atoms with Crippen LogP contribution in [0.2, 0.25) is 0 Å². The number of hydrogen-bond acceptors (Lipinski definition) is 1. The Morgan fingerprint density at radius 1 is 1.50 bits per heavy atom. The number of carbonyl (C=O) groups is 1. The molecule has 0 aromatic heterocycles. The third kappa shape index (κ3) is 1.62. The van der Waals surface area contributed by atoms with Gasteiger partial charge in [-0.25, -0.2) is 4.79 Å². The van der Waals surface area contributed by atoms with E-state index in [0.29, 0.717) is 5.56 Å². The van der Waals surface area contributed by atoms with Crippen LogP contribution in [0.25, 0.3) is 6.08 Å². The van der Waals surface area contributed by atoms with Gasteiger partial charge in [0.15, 0.2) is 0 Å². The highest BCUT2D eigenvalue weighted by atomic mass is 16.4. The summed E-state index contributed by atoms with van der Waals surface area (Å²) in [4.78, 5) is 10.6. The first kappa shape index (κ1) is 8.31. The summed E-state index contributed by atoms with van der Waals surface area (Å²) in [5.74, 6) is -0.933. The average Bonchev–Trinajstić information content (AvgIpc) is 2.05. The lowest BCUT2D eigenvalue weighted by molar-refractivity contribution is 0.0696. The third-order valence-corrected chi connectivity index (χ3v) is 1.45. The van der Waals surface area contributed by atoms with Gasteiger partial charge in [-0.05, 0) is 17.7 Å². The Bertz CT molecular complexity index is 326. The van der Waals surface area contributed by atoms with Crippen LogP contribution in [0.5, 0.6) is 0 Å². The van der Waals surface area contributed by atoms with Gasteiger partial charge in [-0.1, -0.05) is 24.8 Å². The van der Waals surface area contributed by atoms with E-state index in [-0.39, 0.29) is 5.56 Å². The van der Waals surface area contributed by atoms with E-state index in [2.05, 4.69) is 12.3 Å². The number of rotatable bonds is 2. The Hall–Kier alpha value is -1.79. The van der Waals surface area contributed by atoms with E-state index in [1.165, 1.54) is 0 Å². The van der Waals surface area contributed by atoms with Crippen molar-refractivity contribution < 1.29 is 9.90 Å². The van der Waals surface area contributed by atoms with Crippen molar-refractivity contribution in [3.63, 3.8) is 0 Å². The maximum absolute atomic E-state index is 10.6. The molecule has 0 aliphatic carbocycles. The highest BCUT2D eigenvalue weighted by molar-refractivity contribution is 5.91. The Morgan fingerprint density at radius 2 is 2.17 bits per heavy atom. The Kier molecular flexibility index (Phi) is 2.46. The first-order valence-electron chi connectivity index (χ1n) is 3.44. The second-order valence-electron chi connectivity index (χ2n) is 2.24. The number of carboxylic acids is 1. The molecule has 2 nitrogen and oxygen atoms in total. The van der Waals surface area contributed by atoms with Gasteiger partial charge < -0.3 is 5.11 Å². The molecule has 0 aliphatic rings. The molecule has 0 atom stereocenters. The van der Waals surface area contributed by atoms with Gasteiger partial charge in [0, 0.05) is 0 Å². The van der Waals surface area contributed by atoms with Crippen molar-refractivity contribution in [3.05, 3.63) is 47.7 Å². The van der Waals surface area contributed by atoms with Crippen LogP contribution in [0.3, 0.4) is 0 Å². The zero-order chi connectivity index (χ0) is 8.97. The molecule has 0 amide bonds. The fraction of sp³-hybridized carbons (Fsp3) is 0. The molecular weight excluding hydrogens is 152 g/mol. The fourth-order valence-corrected chi connectivity index (χ4v) is 0.928. The third-order valence-electron chi connectivity index (χ3n) is 1.45. The van der Waals surface area contributed by atoms with Crippen LogP contribution < -0.4 is 0 Å². The maximum atomic E-state index is 10.6. The topological polar surface area (TPSA) is 37.3 Å². The van der Waals surface area contributed by atoms with Crippen LogP contribution >= 0.6 is 0 Å². The van der Waals surface area contributed by atoms with Crippen LogP contribution in [0.4, 0.5) is 0 Å². The molecule has 0 fully saturated rings. The van der Waals surface area contributed by atoms with Gasteiger partial charge >= 0.3 is 5.97 Å². The Morgan fingerprint density at radius 3 is 2.75 bits per heavy atom. The molecule has 0 aliphatic heterocycles. The summed E-state index contributed by atoms with van der Waals surface area (Å²) in [6, 6.07) is 6.71. The second-order valence-corrected chi connectivity index (χ2v) is 2.24. The molecule has 2 heteroatoms. The lowest BCUT2D eigenvalue weighted by Gasteiger charge is -1.97. The molecule has 0 saturated carbocycles. The summed E-state index contributed by atoms with van der Waals surface area (Å²) in [7, 11) is 0. The minimum atomic E-state index is -0.933. The molecule has 1 rings (SSSR count). The van der Waals surface area contributed by atoms with Gasteiger partial charge in [-0.15, -0.1) is 5.73 Å². The van der Waals surface area contributed by atoms with E-state index in [4.69, 9.17) is 5.11 Å². The van der Waals surface area contributed by atoms with Crippen LogP contribution in [0.1, 0.15) is 15.9 Å². The van der Waals surface area contributed by atoms with Gasteiger partial charge in [0.05, 0.1) is 5.56 Å². The minimum absolute atomic E-state index is 0.272. The van der Waals surface area contributed by atoms with Crippen molar-refractivity contribution in [1.29, 1.82) is 0 Å². The molecule has 1 N–H and O–H groups in total. The predicted molar refractivity (Wildman–Crippen MR) is 47.0 cm³/mol. The number of aromatic carboxylic acids is 1. The molecular formula is C10H8O2. The van der Waals surface area contributed by atoms with Crippen LogP contribution in [-0.2, 0) is 0 Å². The van der Waals surface area contributed by atoms with Gasteiger partial charge in [-0.2, -0.15) is 0 Å². The lowest BCUT2D eigenvalue weighted by Crippen LogP contribution is -1.98. The molecule has 0 radical (unpaired) electrons. The minimum Gasteiger partial charge on any atom is -0.478 e. The molecule has 0 saturated heterocycles. The van der Waals surface area contributed by atoms with E-state index in [1.54, 1.807) is 30.3 Å². The molecule has 1 aromatic carbocycles. The molecule has 0 unspecified atom stereocenters. The lowest BCUT2D eigenvalue weighted by atomic mass is 10.1. The van der Waals surface area contributed by atoms with Crippen LogP contribution in [0, 0.1) is 0 Å². The quantitative estimate of drug-likeness (QED) is 0.673. The van der Waals surface area contributed by atoms with Crippen LogP contribution in [-0.4, -0.2) is 11.1 Å². The standard InChI is InChI=1S/C10H8O2/c1-2-5-8-6-3-4-7-9(8)10(11)12/h3-7H,1H2,(H,11,12). The molecule has 0 heterocycles. The fourth-order valence-electron chi connectivity index (χ4n) is 0.928. The van der Waals surface area contributed by atoms with E-state index in [0.717, 1.165) is 0 Å². The van der Waals surface area contributed by atoms with Crippen molar-refractivity contribution in [1.82, 2.24) is 0 Å². The summed E-state index contributed by atoms with van der Waals surface area (Å²) in [6.07, 6.45) is 1.55. The summed E-state index contributed by atoms with van der Waals surface area (Å²) < 4.78 is 0. The van der Waals surface area contributed by atoms with Crippen molar-refractivity contribution in [2.45, 2.75) is 0 Å². The first-order chi connectivity index (χ1) is 5.75. The Balaban J connectivity index is 3.26. The van der Waals surface area contributed by atoms with Gasteiger partial charge in [0.1, 0.15) is 0 Å². The molecule has 0 bridgehead atoms. The van der Waals surface area contributed by atoms with E-state index >= 15 is 0 Å². The summed E-state index contributed by atoms with van der Waals surface area (Å²) >= 11 is 0. The van der Waals surface area contributed by atoms with E-state index in [1.807, 2.05) is 0 Å². The largest absolute Gasteiger partial charge is 0.478 e. The summed E-state index contributed by atoms with van der Waals surface area (Å²) in [5, 5.41) is 8.72. The van der Waals surface area contributed by atoms with Crippen molar-refractivity contribution >= 4 is 12.0 Å². The number of carboxylic acid groups (broad SMARTS) is 1. The second kappa shape index (κ2) is 3.56. The smallest absolute Gasteiger partial charge is 0.336 e. The summed E-state index contributed by atoms with van der Waals surface area (Å²) in [5.41, 5.74) is 3.44. The zero-order valence-electron chi connectivity index (χ0n) is 6.45. The molecule has 1 aromatic rings. The van der Waals surface area contributed by atoms with Gasteiger partial charge in [-0.3, -0.25) is 0 Å². The normalized spacial score (nSPS) is 8.67. The predicted octanol–water partition coefficient (Wildman–Crippen LogP) is 2.18. The molecule has 12 heavy (non-hydrogen) atoms. The number of benzene rings is 1. The van der Waals surface area contributed by atoms with E-state index < -0.39 is 5.97 Å². The van der Waals surface area contributed by atoms with E-state index in [9.17, 15) is 4.79 Å². The van der Waals surface area contributed by atoms with Gasteiger partial charge in [0.2, 0.25) is 0 Å². The average molecular weight is 160 g/mol. The summed E-state index contributed by atoms with van der Waals surface area (Å²) in [6.45, 7) is 3.38. The monoisotopic (exact) mass is 160 g/mol. The zero-order valence-corrected chi connectivity index (χ0v) is 6.45. The number of hydrogen-bond donors (Lipinski definition) is 1. The maximum Gasteiger partial charge on any atom is 0.336 e. The highest BCUT2D eigenvalue weighted by Crippen LogP contribution is 2.09. The molecule has 0 spiro atoms. The van der Waals surface area contributed by atoms with Crippen LogP contribution in [0.15, 0.2) is 36.6 Å². The SMILES string of the molecule is C=C=Cc1ccccc1C(=O)O. The first-order valence-corrected chi connectivity index (χ1v) is 3.44. The highest BCUT2D eigenvalue weighted by Gasteiger charge is 2.04. The van der Waals surface area contributed by atoms with Crippen molar-refractivity contribution in [2.75, 3.05) is 0 Å². The van der Waals surface area contributed by atoms with Crippen molar-refractivity contribution in [3.8, 4) is 0 Å². The Labute approximate surface area is 70.5 Å². The van der Waals surface area contributed by atoms with Gasteiger partial charge in [0.25, 0.3) is 0 Å².